The van der Waals surface area contributed by atoms with Crippen molar-refractivity contribution in [2.24, 2.45) is 5.92 Å². The van der Waals surface area contributed by atoms with Crippen molar-refractivity contribution in [2.75, 3.05) is 32.7 Å². The number of rotatable bonds is 8. The molecule has 0 unspecified atom stereocenters. The molecule has 6 heteroatoms. The molecule has 25 heavy (non-hydrogen) atoms. The Morgan fingerprint density at radius 2 is 1.96 bits per heavy atom. The minimum atomic E-state index is -0.123. The highest BCUT2D eigenvalue weighted by Crippen LogP contribution is 2.20. The lowest BCUT2D eigenvalue weighted by atomic mass is 9.96. The minimum absolute atomic E-state index is 0.0563. The van der Waals surface area contributed by atoms with Crippen molar-refractivity contribution < 1.29 is 9.59 Å². The molecule has 0 saturated carbocycles. The van der Waals surface area contributed by atoms with Gasteiger partial charge in [0.15, 0.2) is 0 Å². The molecule has 138 valence electrons. The molecular weight excluding hydrogens is 338 g/mol. The second-order valence-electron chi connectivity index (χ2n) is 6.45. The summed E-state index contributed by atoms with van der Waals surface area (Å²) >= 11 is 5.90. The second kappa shape index (κ2) is 9.78. The van der Waals surface area contributed by atoms with Crippen LogP contribution in [0.25, 0.3) is 0 Å². The van der Waals surface area contributed by atoms with Crippen molar-refractivity contribution in [1.82, 2.24) is 15.1 Å². The highest BCUT2D eigenvalue weighted by molar-refractivity contribution is 6.30. The molecule has 1 aromatic carbocycles. The van der Waals surface area contributed by atoms with Crippen LogP contribution in [-0.4, -0.2) is 54.3 Å². The van der Waals surface area contributed by atoms with E-state index in [-0.39, 0.29) is 17.7 Å². The van der Waals surface area contributed by atoms with Gasteiger partial charge < -0.3 is 15.1 Å². The predicted molar refractivity (Wildman–Crippen MR) is 100 cm³/mol. The summed E-state index contributed by atoms with van der Waals surface area (Å²) < 4.78 is 0. The average molecular weight is 366 g/mol. The lowest BCUT2D eigenvalue weighted by Crippen LogP contribution is -2.46. The third-order valence-corrected chi connectivity index (χ3v) is 5.03. The van der Waals surface area contributed by atoms with E-state index < -0.39 is 0 Å². The maximum absolute atomic E-state index is 12.4. The molecule has 0 aromatic heterocycles. The third kappa shape index (κ3) is 6.01. The highest BCUT2D eigenvalue weighted by Gasteiger charge is 2.30. The van der Waals surface area contributed by atoms with Crippen molar-refractivity contribution in [2.45, 2.75) is 33.2 Å². The zero-order valence-electron chi connectivity index (χ0n) is 15.1. The average Bonchev–Trinajstić information content (AvgIpc) is 2.62. The third-order valence-electron chi connectivity index (χ3n) is 4.78. The highest BCUT2D eigenvalue weighted by atomic mass is 35.5. The van der Waals surface area contributed by atoms with Crippen LogP contribution in [0.3, 0.4) is 0 Å². The molecule has 1 aromatic rings. The van der Waals surface area contributed by atoms with E-state index in [1.165, 1.54) is 0 Å². The first-order valence-corrected chi connectivity index (χ1v) is 9.43. The van der Waals surface area contributed by atoms with Gasteiger partial charge in [0.1, 0.15) is 0 Å². The molecule has 0 bridgehead atoms. The van der Waals surface area contributed by atoms with Gasteiger partial charge in [0.2, 0.25) is 11.8 Å². The van der Waals surface area contributed by atoms with Crippen molar-refractivity contribution in [1.29, 1.82) is 0 Å². The number of benzene rings is 1. The second-order valence-corrected chi connectivity index (χ2v) is 6.89. The number of likely N-dealkylation sites (tertiary alicyclic amines) is 1. The Labute approximate surface area is 155 Å². The van der Waals surface area contributed by atoms with Crippen LogP contribution < -0.4 is 5.32 Å². The molecular formula is C19H28ClN3O2. The van der Waals surface area contributed by atoms with Crippen LogP contribution in [0.15, 0.2) is 24.3 Å². The van der Waals surface area contributed by atoms with E-state index in [1.807, 2.05) is 24.3 Å². The Bertz CT molecular complexity index is 573. The van der Waals surface area contributed by atoms with Gasteiger partial charge in [-0.15, -0.1) is 0 Å². The lowest BCUT2D eigenvalue weighted by Gasteiger charge is -2.32. The molecule has 0 radical (unpaired) electrons. The number of hydrogen-bond donors (Lipinski definition) is 1. The van der Waals surface area contributed by atoms with Gasteiger partial charge in [-0.05, 0) is 37.2 Å². The van der Waals surface area contributed by atoms with Gasteiger partial charge in [-0.2, -0.15) is 0 Å². The van der Waals surface area contributed by atoms with Gasteiger partial charge in [-0.1, -0.05) is 37.6 Å². The smallest absolute Gasteiger partial charge is 0.224 e. The summed E-state index contributed by atoms with van der Waals surface area (Å²) in [5, 5.41) is 3.70. The van der Waals surface area contributed by atoms with E-state index in [1.54, 1.807) is 4.90 Å². The van der Waals surface area contributed by atoms with Crippen molar-refractivity contribution >= 4 is 23.4 Å². The fourth-order valence-corrected chi connectivity index (χ4v) is 3.24. The van der Waals surface area contributed by atoms with E-state index in [4.69, 9.17) is 11.6 Å². The summed E-state index contributed by atoms with van der Waals surface area (Å²) in [7, 11) is 0. The van der Waals surface area contributed by atoms with Crippen molar-refractivity contribution in [3.8, 4) is 0 Å². The van der Waals surface area contributed by atoms with Crippen LogP contribution in [0, 0.1) is 5.92 Å². The summed E-state index contributed by atoms with van der Waals surface area (Å²) in [5.74, 6) is 0.0459. The number of carbonyl (C=O) groups excluding carboxylic acids is 2. The van der Waals surface area contributed by atoms with E-state index in [0.29, 0.717) is 37.5 Å². The Hall–Kier alpha value is -1.59. The molecule has 2 amide bonds. The SMILES string of the molecule is CCN(CC)CCNC(=O)[C@H]1CCC(=O)N(Cc2ccc(Cl)cc2)C1. The monoisotopic (exact) mass is 365 g/mol. The fraction of sp³-hybridized carbons (Fsp3) is 0.579. The van der Waals surface area contributed by atoms with Gasteiger partial charge in [0, 0.05) is 37.6 Å². The van der Waals surface area contributed by atoms with E-state index in [9.17, 15) is 9.59 Å². The zero-order valence-corrected chi connectivity index (χ0v) is 15.9. The molecule has 2 rings (SSSR count). The number of piperidine rings is 1. The van der Waals surface area contributed by atoms with Gasteiger partial charge >= 0.3 is 0 Å². The van der Waals surface area contributed by atoms with Gasteiger partial charge in [0.05, 0.1) is 5.92 Å². The zero-order chi connectivity index (χ0) is 18.2. The number of nitrogens with one attached hydrogen (secondary N) is 1. The first kappa shape index (κ1) is 19.7. The minimum Gasteiger partial charge on any atom is -0.355 e. The van der Waals surface area contributed by atoms with Gasteiger partial charge in [0.25, 0.3) is 0 Å². The summed E-state index contributed by atoms with van der Waals surface area (Å²) in [6, 6.07) is 7.48. The van der Waals surface area contributed by atoms with Crippen LogP contribution in [0.2, 0.25) is 5.02 Å². The number of carbonyl (C=O) groups is 2. The van der Waals surface area contributed by atoms with Crippen LogP contribution in [0.1, 0.15) is 32.3 Å². The largest absolute Gasteiger partial charge is 0.355 e. The number of nitrogens with zero attached hydrogens (tertiary/aromatic N) is 2. The predicted octanol–water partition coefficient (Wildman–Crippen LogP) is 2.54. The molecule has 0 aliphatic carbocycles. The maximum atomic E-state index is 12.4. The quantitative estimate of drug-likeness (QED) is 0.770. The van der Waals surface area contributed by atoms with Gasteiger partial charge in [-0.25, -0.2) is 0 Å². The first-order chi connectivity index (χ1) is 12.0. The molecule has 1 saturated heterocycles. The fourth-order valence-electron chi connectivity index (χ4n) is 3.11. The number of likely N-dealkylation sites (N-methyl/N-ethyl adjacent to an activating group) is 1. The molecule has 1 heterocycles. The number of halogens is 1. The summed E-state index contributed by atoms with van der Waals surface area (Å²) in [6.07, 6.45) is 1.06. The first-order valence-electron chi connectivity index (χ1n) is 9.05. The maximum Gasteiger partial charge on any atom is 0.224 e. The summed E-state index contributed by atoms with van der Waals surface area (Å²) in [6.45, 7) is 8.73. The molecule has 0 spiro atoms. The topological polar surface area (TPSA) is 52.7 Å². The Morgan fingerprint density at radius 1 is 1.28 bits per heavy atom. The van der Waals surface area contributed by atoms with E-state index in [2.05, 4.69) is 24.1 Å². The van der Waals surface area contributed by atoms with E-state index in [0.717, 1.165) is 25.2 Å². The molecule has 1 N–H and O–H groups in total. The van der Waals surface area contributed by atoms with Crippen molar-refractivity contribution in [3.63, 3.8) is 0 Å². The number of hydrogen-bond acceptors (Lipinski definition) is 3. The molecule has 1 fully saturated rings. The standard InChI is InChI=1S/C19H28ClN3O2/c1-3-22(4-2)12-11-21-19(25)16-7-10-18(24)23(14-16)13-15-5-8-17(20)9-6-15/h5-6,8-9,16H,3-4,7,10-14H2,1-2H3,(H,21,25)/t16-/m0/s1. The molecule has 5 nitrogen and oxygen atoms in total. The van der Waals surface area contributed by atoms with Crippen LogP contribution >= 0.6 is 11.6 Å². The lowest BCUT2D eigenvalue weighted by molar-refractivity contribution is -0.138. The van der Waals surface area contributed by atoms with Crippen LogP contribution in [0.5, 0.6) is 0 Å². The van der Waals surface area contributed by atoms with Gasteiger partial charge in [-0.3, -0.25) is 9.59 Å². The number of amides is 2. The molecule has 1 atom stereocenters. The normalized spacial score (nSPS) is 17.8. The Kier molecular flexibility index (Phi) is 7.72. The summed E-state index contributed by atoms with van der Waals surface area (Å²) in [5.41, 5.74) is 1.03. The molecule has 1 aliphatic rings. The molecule has 1 aliphatic heterocycles. The van der Waals surface area contributed by atoms with Crippen LogP contribution in [0.4, 0.5) is 0 Å². The Balaban J connectivity index is 1.85. The summed E-state index contributed by atoms with van der Waals surface area (Å²) in [4.78, 5) is 28.7. The Morgan fingerprint density at radius 3 is 2.60 bits per heavy atom. The van der Waals surface area contributed by atoms with Crippen LogP contribution in [-0.2, 0) is 16.1 Å². The van der Waals surface area contributed by atoms with Crippen molar-refractivity contribution in [3.05, 3.63) is 34.9 Å². The van der Waals surface area contributed by atoms with E-state index >= 15 is 0 Å².